The highest BCUT2D eigenvalue weighted by molar-refractivity contribution is 7.17. The van der Waals surface area contributed by atoms with E-state index in [9.17, 15) is 0 Å². The maximum atomic E-state index is 5.24. The van der Waals surface area contributed by atoms with E-state index in [2.05, 4.69) is 21.4 Å². The van der Waals surface area contributed by atoms with Crippen LogP contribution in [-0.4, -0.2) is 9.97 Å². The van der Waals surface area contributed by atoms with E-state index in [1.807, 2.05) is 24.3 Å². The molecule has 4 heteroatoms. The van der Waals surface area contributed by atoms with Crippen LogP contribution in [0.25, 0.3) is 32.6 Å². The molecule has 86 valence electrons. The summed E-state index contributed by atoms with van der Waals surface area (Å²) in [5.41, 5.74) is 3.65. The Kier molecular flexibility index (Phi) is 1.98. The summed E-state index contributed by atoms with van der Waals surface area (Å²) in [5, 5.41) is 3.05. The fraction of sp³-hybridized carbons (Fsp3) is 0. The SMILES string of the molecule is c1cc2cc(-c3ccc4sccc4n3)cnc2o1. The van der Waals surface area contributed by atoms with Gasteiger partial charge in [0.05, 0.1) is 22.2 Å². The van der Waals surface area contributed by atoms with Crippen molar-refractivity contribution in [1.82, 2.24) is 9.97 Å². The minimum Gasteiger partial charge on any atom is -0.446 e. The standard InChI is InChI=1S/C14H8N2OS/c1-2-13-12(4-6-18-13)16-11(1)10-7-9-3-5-17-14(9)15-8-10/h1-8H. The van der Waals surface area contributed by atoms with Crippen LogP contribution in [0, 0.1) is 0 Å². The maximum absolute atomic E-state index is 5.24. The molecule has 0 saturated carbocycles. The molecule has 4 rings (SSSR count). The molecular formula is C14H8N2OS. The number of aromatic nitrogens is 2. The van der Waals surface area contributed by atoms with Crippen LogP contribution in [0.4, 0.5) is 0 Å². The average Bonchev–Trinajstić information content (AvgIpc) is 3.05. The molecule has 0 bridgehead atoms. The average molecular weight is 252 g/mol. The minimum atomic E-state index is 0.662. The summed E-state index contributed by atoms with van der Waals surface area (Å²) in [5.74, 6) is 0. The monoisotopic (exact) mass is 252 g/mol. The van der Waals surface area contributed by atoms with Crippen LogP contribution in [-0.2, 0) is 0 Å². The van der Waals surface area contributed by atoms with Gasteiger partial charge in [-0.2, -0.15) is 0 Å². The van der Waals surface area contributed by atoms with E-state index in [0.717, 1.165) is 22.2 Å². The third kappa shape index (κ3) is 1.43. The third-order valence-electron chi connectivity index (χ3n) is 2.91. The van der Waals surface area contributed by atoms with Crippen molar-refractivity contribution in [2.75, 3.05) is 0 Å². The Morgan fingerprint density at radius 2 is 2.11 bits per heavy atom. The molecular weight excluding hydrogens is 244 g/mol. The molecule has 0 amide bonds. The van der Waals surface area contributed by atoms with Gasteiger partial charge in [-0.05, 0) is 35.7 Å². The molecule has 3 nitrogen and oxygen atoms in total. The second kappa shape index (κ2) is 3.65. The van der Waals surface area contributed by atoms with E-state index in [0.29, 0.717) is 5.71 Å². The summed E-state index contributed by atoms with van der Waals surface area (Å²) in [6.45, 7) is 0. The first-order valence-electron chi connectivity index (χ1n) is 5.58. The molecule has 4 aromatic rings. The van der Waals surface area contributed by atoms with Crippen LogP contribution in [0.1, 0.15) is 0 Å². The van der Waals surface area contributed by atoms with Gasteiger partial charge in [-0.25, -0.2) is 9.97 Å². The van der Waals surface area contributed by atoms with E-state index >= 15 is 0 Å². The number of thiophene rings is 1. The number of hydrogen-bond donors (Lipinski definition) is 0. The van der Waals surface area contributed by atoms with Crippen LogP contribution in [0.2, 0.25) is 0 Å². The molecule has 18 heavy (non-hydrogen) atoms. The van der Waals surface area contributed by atoms with Crippen molar-refractivity contribution in [3.05, 3.63) is 48.2 Å². The smallest absolute Gasteiger partial charge is 0.225 e. The molecule has 0 unspecified atom stereocenters. The normalized spacial score (nSPS) is 11.3. The fourth-order valence-corrected chi connectivity index (χ4v) is 2.74. The van der Waals surface area contributed by atoms with Gasteiger partial charge in [0, 0.05) is 17.1 Å². The summed E-state index contributed by atoms with van der Waals surface area (Å²) < 4.78 is 6.44. The number of hydrogen-bond acceptors (Lipinski definition) is 4. The van der Waals surface area contributed by atoms with Gasteiger partial charge in [-0.15, -0.1) is 11.3 Å². The molecule has 0 aliphatic carbocycles. The number of furan rings is 1. The van der Waals surface area contributed by atoms with Crippen molar-refractivity contribution >= 4 is 32.7 Å². The minimum absolute atomic E-state index is 0.662. The molecule has 0 fully saturated rings. The van der Waals surface area contributed by atoms with Crippen molar-refractivity contribution < 1.29 is 4.42 Å². The molecule has 0 aromatic carbocycles. The summed E-state index contributed by atoms with van der Waals surface area (Å²) in [4.78, 5) is 8.92. The lowest BCUT2D eigenvalue weighted by molar-refractivity contribution is 0.603. The first kappa shape index (κ1) is 9.79. The molecule has 4 heterocycles. The van der Waals surface area contributed by atoms with Crippen LogP contribution in [0.5, 0.6) is 0 Å². The second-order valence-corrected chi connectivity index (χ2v) is 4.99. The van der Waals surface area contributed by atoms with Crippen molar-refractivity contribution in [3.8, 4) is 11.3 Å². The summed E-state index contributed by atoms with van der Waals surface area (Å²) in [6.07, 6.45) is 3.45. The molecule has 0 atom stereocenters. The third-order valence-corrected chi connectivity index (χ3v) is 3.78. The predicted octanol–water partition coefficient (Wildman–Crippen LogP) is 4.10. The van der Waals surface area contributed by atoms with Crippen LogP contribution < -0.4 is 0 Å². The Bertz CT molecular complexity index is 775. The van der Waals surface area contributed by atoms with Gasteiger partial charge in [0.1, 0.15) is 0 Å². The van der Waals surface area contributed by atoms with Gasteiger partial charge in [0.15, 0.2) is 0 Å². The topological polar surface area (TPSA) is 38.9 Å². The highest BCUT2D eigenvalue weighted by atomic mass is 32.1. The van der Waals surface area contributed by atoms with E-state index in [1.54, 1.807) is 23.8 Å². The Balaban J connectivity index is 1.93. The van der Waals surface area contributed by atoms with Crippen LogP contribution >= 0.6 is 11.3 Å². The van der Waals surface area contributed by atoms with Crippen LogP contribution in [0.3, 0.4) is 0 Å². The van der Waals surface area contributed by atoms with Crippen molar-refractivity contribution in [3.63, 3.8) is 0 Å². The van der Waals surface area contributed by atoms with E-state index in [4.69, 9.17) is 4.42 Å². The second-order valence-electron chi connectivity index (χ2n) is 4.04. The zero-order valence-corrected chi connectivity index (χ0v) is 10.1. The molecule has 0 spiro atoms. The molecule has 4 aromatic heterocycles. The van der Waals surface area contributed by atoms with E-state index in [-0.39, 0.29) is 0 Å². The Morgan fingerprint density at radius 1 is 1.11 bits per heavy atom. The summed E-state index contributed by atoms with van der Waals surface area (Å²) in [6, 6.07) is 10.1. The maximum Gasteiger partial charge on any atom is 0.225 e. The molecule has 0 saturated heterocycles. The highest BCUT2D eigenvalue weighted by Gasteiger charge is 2.05. The van der Waals surface area contributed by atoms with Gasteiger partial charge < -0.3 is 4.42 Å². The Morgan fingerprint density at radius 3 is 3.11 bits per heavy atom. The van der Waals surface area contributed by atoms with Crippen molar-refractivity contribution in [2.45, 2.75) is 0 Å². The zero-order chi connectivity index (χ0) is 11.9. The van der Waals surface area contributed by atoms with Crippen molar-refractivity contribution in [2.24, 2.45) is 0 Å². The van der Waals surface area contributed by atoms with Gasteiger partial charge in [-0.1, -0.05) is 0 Å². The fourth-order valence-electron chi connectivity index (χ4n) is 2.01. The molecule has 0 radical (unpaired) electrons. The zero-order valence-electron chi connectivity index (χ0n) is 9.33. The van der Waals surface area contributed by atoms with Crippen LogP contribution in [0.15, 0.2) is 52.6 Å². The lowest BCUT2D eigenvalue weighted by Gasteiger charge is -2.00. The molecule has 0 aliphatic heterocycles. The highest BCUT2D eigenvalue weighted by Crippen LogP contribution is 2.25. The summed E-state index contributed by atoms with van der Waals surface area (Å²) >= 11 is 1.70. The number of fused-ring (bicyclic) bond motifs is 2. The molecule has 0 aliphatic rings. The van der Waals surface area contributed by atoms with Gasteiger partial charge in [0.25, 0.3) is 0 Å². The van der Waals surface area contributed by atoms with Gasteiger partial charge in [-0.3, -0.25) is 0 Å². The van der Waals surface area contributed by atoms with Gasteiger partial charge >= 0.3 is 0 Å². The number of rotatable bonds is 1. The first-order valence-corrected chi connectivity index (χ1v) is 6.46. The predicted molar refractivity (Wildman–Crippen MR) is 72.6 cm³/mol. The Hall–Kier alpha value is -2.20. The number of nitrogens with zero attached hydrogens (tertiary/aromatic N) is 2. The van der Waals surface area contributed by atoms with E-state index < -0.39 is 0 Å². The molecule has 0 N–H and O–H groups in total. The van der Waals surface area contributed by atoms with E-state index in [1.165, 1.54) is 4.70 Å². The largest absolute Gasteiger partial charge is 0.446 e. The lowest BCUT2D eigenvalue weighted by Crippen LogP contribution is -1.84. The lowest BCUT2D eigenvalue weighted by atomic mass is 10.1. The van der Waals surface area contributed by atoms with Gasteiger partial charge in [0.2, 0.25) is 5.71 Å². The Labute approximate surface area is 107 Å². The van der Waals surface area contributed by atoms with Crippen molar-refractivity contribution in [1.29, 1.82) is 0 Å². The number of pyridine rings is 2. The first-order chi connectivity index (χ1) is 8.90. The quantitative estimate of drug-likeness (QED) is 0.512. The summed E-state index contributed by atoms with van der Waals surface area (Å²) in [7, 11) is 0.